The molecule has 0 radical (unpaired) electrons. The van der Waals surface area contributed by atoms with Gasteiger partial charge in [0.15, 0.2) is 0 Å². The van der Waals surface area contributed by atoms with Crippen LogP contribution >= 0.6 is 12.4 Å². The topological polar surface area (TPSA) is 50.2 Å². The molecule has 22 heavy (non-hydrogen) atoms. The number of rotatable bonds is 2. The summed E-state index contributed by atoms with van der Waals surface area (Å²) in [5.41, 5.74) is 1.36. The van der Waals surface area contributed by atoms with E-state index in [9.17, 15) is 9.18 Å². The second-order valence-corrected chi connectivity index (χ2v) is 5.18. The number of amides is 1. The van der Waals surface area contributed by atoms with E-state index in [4.69, 9.17) is 0 Å². The summed E-state index contributed by atoms with van der Waals surface area (Å²) >= 11 is 0. The highest BCUT2D eigenvalue weighted by molar-refractivity contribution is 5.94. The van der Waals surface area contributed by atoms with E-state index >= 15 is 0 Å². The lowest BCUT2D eigenvalue weighted by Gasteiger charge is -2.36. The molecule has 5 nitrogen and oxygen atoms in total. The van der Waals surface area contributed by atoms with Crippen molar-refractivity contribution < 1.29 is 9.18 Å². The lowest BCUT2D eigenvalue weighted by molar-refractivity contribution is 0.0634. The lowest BCUT2D eigenvalue weighted by Crippen LogP contribution is -2.48. The number of hydrogen-bond acceptors (Lipinski definition) is 3. The first-order valence-corrected chi connectivity index (χ1v) is 6.91. The number of halogens is 2. The van der Waals surface area contributed by atoms with Crippen LogP contribution in [0.5, 0.6) is 0 Å². The number of aromatic nitrogens is 2. The molecule has 118 valence electrons. The molecule has 2 aromatic rings. The van der Waals surface area contributed by atoms with E-state index in [1.165, 1.54) is 12.1 Å². The van der Waals surface area contributed by atoms with E-state index in [2.05, 4.69) is 10.4 Å². The maximum Gasteiger partial charge on any atom is 0.257 e. The number of benzene rings is 1. The fourth-order valence-corrected chi connectivity index (χ4v) is 2.66. The summed E-state index contributed by atoms with van der Waals surface area (Å²) in [7, 11) is 1.78. The molecule has 1 aliphatic rings. The number of carbonyl (C=O) groups is 1. The third-order valence-electron chi connectivity index (χ3n) is 3.69. The summed E-state index contributed by atoms with van der Waals surface area (Å²) in [4.78, 5) is 14.4. The quantitative estimate of drug-likeness (QED) is 0.916. The molecule has 1 aromatic carbocycles. The molecule has 1 N–H and O–H groups in total. The van der Waals surface area contributed by atoms with Gasteiger partial charge in [0.05, 0.1) is 17.8 Å². The fraction of sp³-hybridized carbons (Fsp3) is 0.333. The number of carbonyl (C=O) groups excluding carboxylic acids is 1. The maximum atomic E-state index is 13.4. The third kappa shape index (κ3) is 3.28. The van der Waals surface area contributed by atoms with E-state index in [1.54, 1.807) is 35.1 Å². The molecule has 1 unspecified atom stereocenters. The molecule has 7 heteroatoms. The van der Waals surface area contributed by atoms with Gasteiger partial charge in [-0.15, -0.1) is 12.4 Å². The zero-order chi connectivity index (χ0) is 14.8. The van der Waals surface area contributed by atoms with Crippen molar-refractivity contribution in [2.45, 2.75) is 6.04 Å². The first-order valence-electron chi connectivity index (χ1n) is 6.91. The van der Waals surface area contributed by atoms with Gasteiger partial charge < -0.3 is 10.2 Å². The van der Waals surface area contributed by atoms with Crippen LogP contribution in [0.4, 0.5) is 4.39 Å². The van der Waals surface area contributed by atoms with Crippen LogP contribution < -0.4 is 5.32 Å². The van der Waals surface area contributed by atoms with Crippen LogP contribution in [-0.4, -0.2) is 40.2 Å². The summed E-state index contributed by atoms with van der Waals surface area (Å²) in [6.07, 6.45) is 3.26. The fourth-order valence-electron chi connectivity index (χ4n) is 2.66. The Morgan fingerprint density at radius 1 is 1.45 bits per heavy atom. The van der Waals surface area contributed by atoms with Crippen molar-refractivity contribution in [2.75, 3.05) is 19.6 Å². The van der Waals surface area contributed by atoms with Gasteiger partial charge >= 0.3 is 0 Å². The molecule has 0 aliphatic carbocycles. The van der Waals surface area contributed by atoms with Crippen LogP contribution in [0.3, 0.4) is 0 Å². The van der Waals surface area contributed by atoms with Crippen LogP contribution in [0.15, 0.2) is 36.7 Å². The molecule has 2 heterocycles. The minimum absolute atomic E-state index is 0. The van der Waals surface area contributed by atoms with Crippen molar-refractivity contribution in [1.29, 1.82) is 0 Å². The van der Waals surface area contributed by atoms with Gasteiger partial charge in [0.2, 0.25) is 0 Å². The van der Waals surface area contributed by atoms with Gasteiger partial charge in [-0.05, 0) is 17.7 Å². The van der Waals surface area contributed by atoms with Gasteiger partial charge in [-0.1, -0.05) is 12.1 Å². The average Bonchev–Trinajstić information content (AvgIpc) is 2.93. The minimum Gasteiger partial charge on any atom is -0.329 e. The van der Waals surface area contributed by atoms with Gasteiger partial charge in [-0.25, -0.2) is 4.39 Å². The van der Waals surface area contributed by atoms with Crippen molar-refractivity contribution in [3.8, 4) is 0 Å². The minimum atomic E-state index is -0.285. The second-order valence-electron chi connectivity index (χ2n) is 5.18. The van der Waals surface area contributed by atoms with Crippen LogP contribution in [0.1, 0.15) is 22.0 Å². The molecule has 1 saturated heterocycles. The maximum absolute atomic E-state index is 13.4. The Hall–Kier alpha value is -1.92. The second kappa shape index (κ2) is 6.89. The van der Waals surface area contributed by atoms with Crippen molar-refractivity contribution >= 4 is 18.3 Å². The first-order chi connectivity index (χ1) is 10.1. The van der Waals surface area contributed by atoms with Crippen LogP contribution in [0.2, 0.25) is 0 Å². The van der Waals surface area contributed by atoms with E-state index in [0.717, 1.165) is 12.1 Å². The molecule has 1 fully saturated rings. The highest BCUT2D eigenvalue weighted by atomic mass is 35.5. The molecule has 0 saturated carbocycles. The number of nitrogens with zero attached hydrogens (tertiary/aromatic N) is 3. The Morgan fingerprint density at radius 2 is 2.27 bits per heavy atom. The highest BCUT2D eigenvalue weighted by Crippen LogP contribution is 2.24. The van der Waals surface area contributed by atoms with Gasteiger partial charge in [0.1, 0.15) is 5.82 Å². The number of piperazine rings is 1. The molecule has 1 atom stereocenters. The summed E-state index contributed by atoms with van der Waals surface area (Å²) in [5, 5.41) is 7.30. The SMILES string of the molecule is Cl.Cn1cc(C(=O)N2CCNCC2c2cccc(F)c2)cn1. The normalized spacial score (nSPS) is 17.9. The molecule has 0 bridgehead atoms. The molecule has 1 amide bonds. The molecule has 1 aliphatic heterocycles. The van der Waals surface area contributed by atoms with Crippen molar-refractivity contribution in [3.05, 3.63) is 53.6 Å². The van der Waals surface area contributed by atoms with Crippen molar-refractivity contribution in [3.63, 3.8) is 0 Å². The Bertz CT molecular complexity index is 660. The van der Waals surface area contributed by atoms with Crippen molar-refractivity contribution in [2.24, 2.45) is 7.05 Å². The van der Waals surface area contributed by atoms with E-state index < -0.39 is 0 Å². The van der Waals surface area contributed by atoms with Gasteiger partial charge in [-0.2, -0.15) is 5.10 Å². The summed E-state index contributed by atoms with van der Waals surface area (Å²) in [6, 6.07) is 6.26. The van der Waals surface area contributed by atoms with Crippen LogP contribution in [0.25, 0.3) is 0 Å². The van der Waals surface area contributed by atoms with Gasteiger partial charge in [-0.3, -0.25) is 9.48 Å². The largest absolute Gasteiger partial charge is 0.329 e. The Kier molecular flexibility index (Phi) is 5.15. The molecule has 3 rings (SSSR count). The molecule has 0 spiro atoms. The van der Waals surface area contributed by atoms with Crippen LogP contribution in [0, 0.1) is 5.82 Å². The number of nitrogens with one attached hydrogen (secondary N) is 1. The summed E-state index contributed by atoms with van der Waals surface area (Å²) in [6.45, 7) is 1.95. The van der Waals surface area contributed by atoms with Crippen molar-refractivity contribution in [1.82, 2.24) is 20.0 Å². The Morgan fingerprint density at radius 3 is 2.95 bits per heavy atom. The third-order valence-corrected chi connectivity index (χ3v) is 3.69. The smallest absolute Gasteiger partial charge is 0.257 e. The Labute approximate surface area is 134 Å². The highest BCUT2D eigenvalue weighted by Gasteiger charge is 2.29. The van der Waals surface area contributed by atoms with Gasteiger partial charge in [0.25, 0.3) is 5.91 Å². The first kappa shape index (κ1) is 16.5. The predicted octanol–water partition coefficient (Wildman–Crippen LogP) is 1.77. The Balaban J connectivity index is 0.00000176. The summed E-state index contributed by atoms with van der Waals surface area (Å²) < 4.78 is 15.0. The number of hydrogen-bond donors (Lipinski definition) is 1. The monoisotopic (exact) mass is 324 g/mol. The number of aryl methyl sites for hydroxylation is 1. The van der Waals surface area contributed by atoms with E-state index in [1.807, 2.05) is 6.07 Å². The lowest BCUT2D eigenvalue weighted by atomic mass is 10.0. The molecular formula is C15H18ClFN4O. The van der Waals surface area contributed by atoms with E-state index in [0.29, 0.717) is 18.7 Å². The van der Waals surface area contributed by atoms with Gasteiger partial charge in [0, 0.05) is 32.9 Å². The zero-order valence-corrected chi connectivity index (χ0v) is 13.0. The summed E-state index contributed by atoms with van der Waals surface area (Å²) in [5.74, 6) is -0.356. The van der Waals surface area contributed by atoms with E-state index in [-0.39, 0.29) is 30.2 Å². The average molecular weight is 325 g/mol. The predicted molar refractivity (Wildman–Crippen MR) is 83.5 cm³/mol. The zero-order valence-electron chi connectivity index (χ0n) is 12.2. The molecular weight excluding hydrogens is 307 g/mol. The van der Waals surface area contributed by atoms with Crippen LogP contribution in [-0.2, 0) is 7.05 Å². The standard InChI is InChI=1S/C15H17FN4O.ClH/c1-19-10-12(8-18-19)15(21)20-6-5-17-9-14(20)11-3-2-4-13(16)7-11;/h2-4,7-8,10,14,17H,5-6,9H2,1H3;1H. The molecule has 1 aromatic heterocycles.